The number of allylic oxidation sites excluding steroid dienone is 2. The quantitative estimate of drug-likeness (QED) is 0.315. The molecular weight excluding hydrogens is 546 g/mol. The molecule has 240 valence electrons. The minimum atomic E-state index is -1.12. The maximum absolute atomic E-state index is 13.0. The van der Waals surface area contributed by atoms with Gasteiger partial charge in [-0.15, -0.1) is 0 Å². The molecule has 42 heavy (non-hydrogen) atoms. The number of likely N-dealkylation sites (N-methyl/N-ethyl adjacent to an activating group) is 1. The molecule has 0 saturated carbocycles. The summed E-state index contributed by atoms with van der Waals surface area (Å²) in [6.45, 7) is 7.14. The smallest absolute Gasteiger partial charge is 0.309 e. The Kier molecular flexibility index (Phi) is 15.3. The molecule has 0 radical (unpaired) electrons. The predicted molar refractivity (Wildman–Crippen MR) is 155 cm³/mol. The maximum atomic E-state index is 13.0. The molecule has 2 aliphatic heterocycles. The van der Waals surface area contributed by atoms with Crippen molar-refractivity contribution >= 4 is 18.2 Å². The summed E-state index contributed by atoms with van der Waals surface area (Å²) in [5, 5.41) is 22.1. The van der Waals surface area contributed by atoms with Crippen LogP contribution in [0.1, 0.15) is 66.2 Å². The minimum Gasteiger partial charge on any atom is -0.462 e. The van der Waals surface area contributed by atoms with Crippen LogP contribution in [0, 0.1) is 11.8 Å². The van der Waals surface area contributed by atoms with Crippen molar-refractivity contribution in [1.29, 1.82) is 0 Å². The molecule has 2 N–H and O–H groups in total. The number of rotatable bonds is 8. The summed E-state index contributed by atoms with van der Waals surface area (Å²) < 4.78 is 29.8. The van der Waals surface area contributed by atoms with E-state index in [1.165, 1.54) is 7.11 Å². The number of aldehydes is 1. The molecule has 2 heterocycles. The monoisotopic (exact) mass is 597 g/mol. The number of aliphatic hydroxyl groups excluding tert-OH is 2. The van der Waals surface area contributed by atoms with E-state index in [1.54, 1.807) is 32.1 Å². The zero-order valence-electron chi connectivity index (χ0n) is 26.1. The van der Waals surface area contributed by atoms with E-state index in [2.05, 4.69) is 0 Å². The van der Waals surface area contributed by atoms with E-state index >= 15 is 0 Å². The van der Waals surface area contributed by atoms with E-state index in [9.17, 15) is 24.6 Å². The minimum absolute atomic E-state index is 0.0244. The molecule has 2 aliphatic rings. The van der Waals surface area contributed by atoms with Crippen molar-refractivity contribution in [3.05, 3.63) is 24.3 Å². The Bertz CT molecular complexity index is 908. The molecule has 0 amide bonds. The summed E-state index contributed by atoms with van der Waals surface area (Å²) in [5.41, 5.74) is 0. The van der Waals surface area contributed by atoms with Gasteiger partial charge in [0.05, 0.1) is 24.7 Å². The second-order valence-corrected chi connectivity index (χ2v) is 11.7. The summed E-state index contributed by atoms with van der Waals surface area (Å²) in [7, 11) is 5.13. The highest BCUT2D eigenvalue weighted by molar-refractivity contribution is 5.72. The van der Waals surface area contributed by atoms with Crippen molar-refractivity contribution in [2.24, 2.45) is 11.8 Å². The molecule has 11 nitrogen and oxygen atoms in total. The third-order valence-electron chi connectivity index (χ3n) is 7.95. The van der Waals surface area contributed by atoms with Gasteiger partial charge in [0.25, 0.3) is 0 Å². The average molecular weight is 598 g/mol. The second-order valence-electron chi connectivity index (χ2n) is 11.7. The van der Waals surface area contributed by atoms with Gasteiger partial charge in [0.2, 0.25) is 0 Å². The molecule has 0 aromatic carbocycles. The third kappa shape index (κ3) is 10.8. The molecule has 1 saturated heterocycles. The van der Waals surface area contributed by atoms with Gasteiger partial charge < -0.3 is 43.6 Å². The van der Waals surface area contributed by atoms with Gasteiger partial charge in [0, 0.05) is 32.4 Å². The van der Waals surface area contributed by atoms with E-state index in [1.807, 2.05) is 38.9 Å². The van der Waals surface area contributed by atoms with Crippen LogP contribution >= 0.6 is 0 Å². The number of esters is 2. The van der Waals surface area contributed by atoms with Crippen molar-refractivity contribution in [3.63, 3.8) is 0 Å². The molecule has 0 aromatic rings. The van der Waals surface area contributed by atoms with Gasteiger partial charge in [0.1, 0.15) is 30.7 Å². The van der Waals surface area contributed by atoms with Crippen molar-refractivity contribution in [3.8, 4) is 0 Å². The van der Waals surface area contributed by atoms with E-state index in [0.29, 0.717) is 19.3 Å². The number of cyclic esters (lactones) is 1. The van der Waals surface area contributed by atoms with Gasteiger partial charge in [-0.2, -0.15) is 0 Å². The number of methoxy groups -OCH3 is 1. The standard InChI is InChI=1S/C31H51NO10/c1-8-26(35)41-25-18-27(36)39-20(3)12-10-9-11-13-24(34)19(2)16-22(14-15-33)29(30(25)38-7)42-31-28(37)23(32(5)6)17-21(4)40-31/h9-11,13,15,19-25,28-31,34,37H,8,12,14,16-18H2,1-7H3. The first kappa shape index (κ1) is 36.0. The molecular formula is C31H51NO10. The average Bonchev–Trinajstić information content (AvgIpc) is 2.92. The lowest BCUT2D eigenvalue weighted by atomic mass is 9.82. The van der Waals surface area contributed by atoms with Crippen molar-refractivity contribution < 1.29 is 48.3 Å². The Morgan fingerprint density at radius 3 is 2.45 bits per heavy atom. The van der Waals surface area contributed by atoms with Crippen LogP contribution in [0.3, 0.4) is 0 Å². The highest BCUT2D eigenvalue weighted by Gasteiger charge is 2.45. The number of hydrogen-bond acceptors (Lipinski definition) is 11. The lowest BCUT2D eigenvalue weighted by Crippen LogP contribution is -2.57. The zero-order valence-corrected chi connectivity index (χ0v) is 26.1. The Labute approximate surface area is 250 Å². The van der Waals surface area contributed by atoms with Crippen LogP contribution < -0.4 is 0 Å². The fourth-order valence-electron chi connectivity index (χ4n) is 5.55. The van der Waals surface area contributed by atoms with Crippen LogP contribution in [0.2, 0.25) is 0 Å². The van der Waals surface area contributed by atoms with Gasteiger partial charge in [-0.3, -0.25) is 9.59 Å². The molecule has 0 spiro atoms. The number of carbonyl (C=O) groups excluding carboxylic acids is 3. The van der Waals surface area contributed by atoms with Crippen molar-refractivity contribution in [2.45, 2.75) is 121 Å². The zero-order chi connectivity index (χ0) is 31.4. The van der Waals surface area contributed by atoms with E-state index in [0.717, 1.165) is 6.29 Å². The SMILES string of the molecule is CCC(=O)OC1CC(=O)OC(C)CC=CC=CC(O)C(C)CC(CC=O)C(OC2OC(C)CC(N(C)C)C2O)C1OC. The van der Waals surface area contributed by atoms with Crippen molar-refractivity contribution in [1.82, 2.24) is 4.90 Å². The van der Waals surface area contributed by atoms with Crippen LogP contribution in [0.15, 0.2) is 24.3 Å². The Morgan fingerprint density at radius 1 is 1.12 bits per heavy atom. The normalized spacial score (nSPS) is 37.3. The van der Waals surface area contributed by atoms with E-state index in [4.69, 9.17) is 23.7 Å². The molecule has 0 bridgehead atoms. The van der Waals surface area contributed by atoms with Gasteiger partial charge >= 0.3 is 11.9 Å². The number of aliphatic hydroxyl groups is 2. The van der Waals surface area contributed by atoms with Gasteiger partial charge in [-0.05, 0) is 52.6 Å². The van der Waals surface area contributed by atoms with Crippen LogP contribution in [0.4, 0.5) is 0 Å². The fourth-order valence-corrected chi connectivity index (χ4v) is 5.55. The van der Waals surface area contributed by atoms with Crippen LogP contribution in [-0.4, -0.2) is 110 Å². The highest BCUT2D eigenvalue weighted by Crippen LogP contribution is 2.33. The topological polar surface area (TPSA) is 141 Å². The Hall–Kier alpha value is -2.15. The third-order valence-corrected chi connectivity index (χ3v) is 7.95. The summed E-state index contributed by atoms with van der Waals surface area (Å²) in [4.78, 5) is 39.4. The number of ether oxygens (including phenoxy) is 5. The lowest BCUT2D eigenvalue weighted by Gasteiger charge is -2.45. The van der Waals surface area contributed by atoms with Crippen LogP contribution in [0.5, 0.6) is 0 Å². The van der Waals surface area contributed by atoms with E-state index < -0.39 is 60.8 Å². The molecule has 11 unspecified atom stereocenters. The number of nitrogens with zero attached hydrogens (tertiary/aromatic N) is 1. The first-order valence-electron chi connectivity index (χ1n) is 14.9. The summed E-state index contributed by atoms with van der Waals surface area (Å²) in [5.74, 6) is -1.99. The Morgan fingerprint density at radius 2 is 1.83 bits per heavy atom. The molecule has 11 heteroatoms. The molecule has 11 atom stereocenters. The summed E-state index contributed by atoms with van der Waals surface area (Å²) in [6, 6.07) is -0.264. The van der Waals surface area contributed by atoms with Crippen molar-refractivity contribution in [2.75, 3.05) is 21.2 Å². The molecule has 0 aromatic heterocycles. The number of hydrogen-bond donors (Lipinski definition) is 2. The summed E-state index contributed by atoms with van der Waals surface area (Å²) >= 11 is 0. The summed E-state index contributed by atoms with van der Waals surface area (Å²) in [6.07, 6.45) is 2.12. The first-order valence-corrected chi connectivity index (χ1v) is 14.9. The predicted octanol–water partition coefficient (Wildman–Crippen LogP) is 2.56. The lowest BCUT2D eigenvalue weighted by molar-refractivity contribution is -0.291. The van der Waals surface area contributed by atoms with Gasteiger partial charge in [-0.1, -0.05) is 38.2 Å². The van der Waals surface area contributed by atoms with Crippen LogP contribution in [-0.2, 0) is 38.1 Å². The molecule has 0 aliphatic carbocycles. The molecule has 1 fully saturated rings. The first-order chi connectivity index (χ1) is 19.9. The number of carbonyl (C=O) groups is 3. The largest absolute Gasteiger partial charge is 0.462 e. The molecule has 2 rings (SSSR count). The van der Waals surface area contributed by atoms with Gasteiger partial charge in [-0.25, -0.2) is 0 Å². The second kappa shape index (κ2) is 17.8. The van der Waals surface area contributed by atoms with Gasteiger partial charge in [0.15, 0.2) is 6.29 Å². The Balaban J connectivity index is 2.60. The highest BCUT2D eigenvalue weighted by atomic mass is 16.7. The van der Waals surface area contributed by atoms with Crippen LogP contribution in [0.25, 0.3) is 0 Å². The maximum Gasteiger partial charge on any atom is 0.309 e. The fraction of sp³-hybridized carbons (Fsp3) is 0.774. The van der Waals surface area contributed by atoms with E-state index in [-0.39, 0.29) is 37.3 Å².